The Morgan fingerprint density at radius 1 is 1.45 bits per heavy atom. The molecule has 0 bridgehead atoms. The molecule has 2 heteroatoms. The Labute approximate surface area is 66.0 Å². The van der Waals surface area contributed by atoms with E-state index >= 15 is 0 Å². The van der Waals surface area contributed by atoms with Gasteiger partial charge in [0.05, 0.1) is 0 Å². The summed E-state index contributed by atoms with van der Waals surface area (Å²) in [5.41, 5.74) is 7.03. The summed E-state index contributed by atoms with van der Waals surface area (Å²) in [6.45, 7) is 3.63. The highest BCUT2D eigenvalue weighted by Crippen LogP contribution is 2.15. The van der Waals surface area contributed by atoms with Crippen LogP contribution in [0.3, 0.4) is 0 Å². The molecule has 60 valence electrons. The van der Waals surface area contributed by atoms with E-state index in [1.807, 2.05) is 13.0 Å². The summed E-state index contributed by atoms with van der Waals surface area (Å²) in [6, 6.07) is 4.87. The molecule has 0 radical (unpaired) electrons. The summed E-state index contributed by atoms with van der Waals surface area (Å²) < 4.78 is 13.0. The van der Waals surface area contributed by atoms with Crippen LogP contribution < -0.4 is 5.73 Å². The highest BCUT2D eigenvalue weighted by Gasteiger charge is 2.05. The van der Waals surface area contributed by atoms with E-state index in [0.717, 1.165) is 5.56 Å². The summed E-state index contributed by atoms with van der Waals surface area (Å²) in [6.07, 6.45) is 0. The molecule has 0 aromatic heterocycles. The van der Waals surface area contributed by atoms with Crippen LogP contribution in [0.5, 0.6) is 0 Å². The topological polar surface area (TPSA) is 26.0 Å². The van der Waals surface area contributed by atoms with Crippen molar-refractivity contribution in [2.24, 2.45) is 5.73 Å². The van der Waals surface area contributed by atoms with Gasteiger partial charge in [-0.25, -0.2) is 4.39 Å². The first-order valence-electron chi connectivity index (χ1n) is 3.63. The summed E-state index contributed by atoms with van der Waals surface area (Å²) in [4.78, 5) is 0. The predicted molar refractivity (Wildman–Crippen MR) is 43.7 cm³/mol. The summed E-state index contributed by atoms with van der Waals surface area (Å²) >= 11 is 0. The molecule has 1 aromatic rings. The number of hydrogen-bond acceptors (Lipinski definition) is 1. The van der Waals surface area contributed by atoms with Crippen LogP contribution in [0.1, 0.15) is 24.1 Å². The number of halogens is 1. The Bertz CT molecular complexity index is 256. The molecule has 1 aromatic carbocycles. The van der Waals surface area contributed by atoms with Crippen LogP contribution in [0.15, 0.2) is 18.2 Å². The standard InChI is InChI=1S/C9H12FN/c1-6-3-4-8(7(2)11)9(10)5-6/h3-5,7H,11H2,1-2H3. The molecule has 2 N–H and O–H groups in total. The van der Waals surface area contributed by atoms with Crippen LogP contribution in [0.25, 0.3) is 0 Å². The van der Waals surface area contributed by atoms with Crippen LogP contribution in [0.2, 0.25) is 0 Å². The summed E-state index contributed by atoms with van der Waals surface area (Å²) in [5, 5.41) is 0. The van der Waals surface area contributed by atoms with Gasteiger partial charge in [-0.15, -0.1) is 0 Å². The van der Waals surface area contributed by atoms with E-state index in [-0.39, 0.29) is 11.9 Å². The monoisotopic (exact) mass is 153 g/mol. The van der Waals surface area contributed by atoms with Crippen LogP contribution in [0, 0.1) is 12.7 Å². The van der Waals surface area contributed by atoms with Gasteiger partial charge in [0.15, 0.2) is 0 Å². The fraction of sp³-hybridized carbons (Fsp3) is 0.333. The Morgan fingerprint density at radius 2 is 2.09 bits per heavy atom. The molecule has 0 amide bonds. The summed E-state index contributed by atoms with van der Waals surface area (Å²) in [7, 11) is 0. The fourth-order valence-corrected chi connectivity index (χ4v) is 1.00. The molecular formula is C9H12FN. The number of hydrogen-bond donors (Lipinski definition) is 1. The van der Waals surface area contributed by atoms with E-state index in [1.165, 1.54) is 6.07 Å². The van der Waals surface area contributed by atoms with E-state index in [1.54, 1.807) is 13.0 Å². The third-order valence-corrected chi connectivity index (χ3v) is 1.65. The van der Waals surface area contributed by atoms with Gasteiger partial charge in [0.2, 0.25) is 0 Å². The molecule has 1 unspecified atom stereocenters. The average molecular weight is 153 g/mol. The molecule has 0 heterocycles. The second-order valence-electron chi connectivity index (χ2n) is 2.81. The van der Waals surface area contributed by atoms with E-state index in [0.29, 0.717) is 5.56 Å². The zero-order valence-corrected chi connectivity index (χ0v) is 6.76. The second kappa shape index (κ2) is 3.01. The van der Waals surface area contributed by atoms with Crippen LogP contribution in [0.4, 0.5) is 4.39 Å². The molecule has 0 saturated carbocycles. The van der Waals surface area contributed by atoms with E-state index in [9.17, 15) is 4.39 Å². The molecular weight excluding hydrogens is 141 g/mol. The van der Waals surface area contributed by atoms with Gasteiger partial charge in [-0.2, -0.15) is 0 Å². The molecule has 0 aliphatic heterocycles. The van der Waals surface area contributed by atoms with E-state index in [4.69, 9.17) is 5.73 Å². The SMILES string of the molecule is Cc1ccc(C(C)N)c(F)c1. The lowest BCUT2D eigenvalue weighted by Crippen LogP contribution is -2.07. The molecule has 11 heavy (non-hydrogen) atoms. The highest BCUT2D eigenvalue weighted by molar-refractivity contribution is 5.25. The fourth-order valence-electron chi connectivity index (χ4n) is 1.00. The van der Waals surface area contributed by atoms with Crippen molar-refractivity contribution >= 4 is 0 Å². The third kappa shape index (κ3) is 1.77. The lowest BCUT2D eigenvalue weighted by Gasteiger charge is -2.06. The van der Waals surface area contributed by atoms with Gasteiger partial charge in [-0.3, -0.25) is 0 Å². The van der Waals surface area contributed by atoms with Gasteiger partial charge in [0.1, 0.15) is 5.82 Å². The van der Waals surface area contributed by atoms with Crippen molar-refractivity contribution in [3.8, 4) is 0 Å². The molecule has 1 atom stereocenters. The Hall–Kier alpha value is -0.890. The maximum absolute atomic E-state index is 13.0. The van der Waals surface area contributed by atoms with Crippen molar-refractivity contribution in [2.45, 2.75) is 19.9 Å². The lowest BCUT2D eigenvalue weighted by molar-refractivity contribution is 0.592. The van der Waals surface area contributed by atoms with Crippen molar-refractivity contribution < 1.29 is 4.39 Å². The minimum Gasteiger partial charge on any atom is -0.324 e. The maximum Gasteiger partial charge on any atom is 0.128 e. The van der Waals surface area contributed by atoms with Crippen molar-refractivity contribution in [3.63, 3.8) is 0 Å². The number of benzene rings is 1. The van der Waals surface area contributed by atoms with Crippen molar-refractivity contribution in [3.05, 3.63) is 35.1 Å². The maximum atomic E-state index is 13.0. The lowest BCUT2D eigenvalue weighted by atomic mass is 10.1. The first-order chi connectivity index (χ1) is 5.11. The Kier molecular flexibility index (Phi) is 2.25. The highest BCUT2D eigenvalue weighted by atomic mass is 19.1. The quantitative estimate of drug-likeness (QED) is 0.657. The van der Waals surface area contributed by atoms with Gasteiger partial charge < -0.3 is 5.73 Å². The van der Waals surface area contributed by atoms with Gasteiger partial charge >= 0.3 is 0 Å². The zero-order chi connectivity index (χ0) is 8.43. The van der Waals surface area contributed by atoms with Crippen LogP contribution in [-0.2, 0) is 0 Å². The minimum absolute atomic E-state index is 0.208. The Morgan fingerprint density at radius 3 is 2.55 bits per heavy atom. The average Bonchev–Trinajstić information content (AvgIpc) is 1.85. The largest absolute Gasteiger partial charge is 0.324 e. The molecule has 0 aliphatic carbocycles. The smallest absolute Gasteiger partial charge is 0.128 e. The van der Waals surface area contributed by atoms with Gasteiger partial charge in [-0.1, -0.05) is 12.1 Å². The number of nitrogens with two attached hydrogens (primary N) is 1. The van der Waals surface area contributed by atoms with Crippen LogP contribution >= 0.6 is 0 Å². The first kappa shape index (κ1) is 8.21. The molecule has 0 fully saturated rings. The molecule has 1 nitrogen and oxygen atoms in total. The van der Waals surface area contributed by atoms with Crippen LogP contribution in [-0.4, -0.2) is 0 Å². The third-order valence-electron chi connectivity index (χ3n) is 1.65. The molecule has 0 saturated heterocycles. The molecule has 0 aliphatic rings. The zero-order valence-electron chi connectivity index (χ0n) is 6.76. The van der Waals surface area contributed by atoms with E-state index < -0.39 is 0 Å². The minimum atomic E-state index is -0.226. The molecule has 0 spiro atoms. The van der Waals surface area contributed by atoms with Gasteiger partial charge in [0.25, 0.3) is 0 Å². The van der Waals surface area contributed by atoms with E-state index in [2.05, 4.69) is 0 Å². The van der Waals surface area contributed by atoms with Crippen molar-refractivity contribution in [1.82, 2.24) is 0 Å². The predicted octanol–water partition coefficient (Wildman–Crippen LogP) is 2.15. The van der Waals surface area contributed by atoms with Gasteiger partial charge in [0, 0.05) is 11.6 Å². The Balaban J connectivity index is 3.09. The van der Waals surface area contributed by atoms with Crippen molar-refractivity contribution in [1.29, 1.82) is 0 Å². The summed E-state index contributed by atoms with van der Waals surface area (Å²) in [5.74, 6) is -0.208. The number of rotatable bonds is 1. The van der Waals surface area contributed by atoms with Gasteiger partial charge in [-0.05, 0) is 25.5 Å². The van der Waals surface area contributed by atoms with Crippen molar-refractivity contribution in [2.75, 3.05) is 0 Å². The normalized spacial score (nSPS) is 13.1. The second-order valence-corrected chi connectivity index (χ2v) is 2.81. The first-order valence-corrected chi connectivity index (χ1v) is 3.63. The molecule has 1 rings (SSSR count). The number of aryl methyl sites for hydroxylation is 1.